The minimum Gasteiger partial charge on any atom is -0.300 e. The lowest BCUT2D eigenvalue weighted by molar-refractivity contribution is 0.541. The maximum absolute atomic E-state index is 9.07. The van der Waals surface area contributed by atoms with Gasteiger partial charge in [-0.1, -0.05) is 109 Å². The topological polar surface area (TPSA) is 40.8 Å². The van der Waals surface area contributed by atoms with Crippen LogP contribution in [0.1, 0.15) is 40.1 Å². The number of benzene rings is 5. The average molecular weight is 534 g/mol. The van der Waals surface area contributed by atoms with E-state index in [9.17, 15) is 0 Å². The van der Waals surface area contributed by atoms with Crippen molar-refractivity contribution >= 4 is 34.1 Å². The smallest absolute Gasteiger partial charge is 0.0706 e. The number of fused-ring (bicyclic) bond motifs is 10. The monoisotopic (exact) mass is 533 g/mol. The number of thioether (sulfide) groups is 1. The van der Waals surface area contributed by atoms with E-state index >= 15 is 0 Å². The molecule has 0 radical (unpaired) electrons. The summed E-state index contributed by atoms with van der Waals surface area (Å²) < 4.78 is 2.31. The van der Waals surface area contributed by atoms with Crippen molar-refractivity contribution in [3.05, 3.63) is 155 Å². The first-order chi connectivity index (χ1) is 19.7. The molecule has 1 aromatic heterocycles. The lowest BCUT2D eigenvalue weighted by atomic mass is 9.66. The van der Waals surface area contributed by atoms with Crippen molar-refractivity contribution in [2.45, 2.75) is 22.5 Å². The second kappa shape index (κ2) is 8.73. The maximum Gasteiger partial charge on any atom is 0.0706 e. The van der Waals surface area contributed by atoms with E-state index in [0.717, 1.165) is 22.3 Å². The van der Waals surface area contributed by atoms with Crippen LogP contribution in [-0.4, -0.2) is 10.4 Å². The van der Waals surface area contributed by atoms with Crippen LogP contribution in [0, 0.1) is 5.41 Å². The molecule has 0 bridgehead atoms. The highest BCUT2D eigenvalue weighted by molar-refractivity contribution is 8.00. The van der Waals surface area contributed by atoms with Gasteiger partial charge in [-0.15, -0.1) is 11.8 Å². The maximum atomic E-state index is 9.07. The molecule has 0 saturated heterocycles. The summed E-state index contributed by atoms with van der Waals surface area (Å²) in [6, 6.07) is 44.7. The Hall–Kier alpha value is -4.54. The molecule has 192 valence electrons. The molecule has 0 saturated carbocycles. The fourth-order valence-corrected chi connectivity index (χ4v) is 8.39. The number of nitrogens with zero attached hydrogens (tertiary/aromatic N) is 1. The molecule has 4 heteroatoms. The van der Waals surface area contributed by atoms with Crippen LogP contribution < -0.4 is 5.43 Å². The molecule has 1 aliphatic heterocycles. The van der Waals surface area contributed by atoms with Gasteiger partial charge in [0.25, 0.3) is 0 Å². The first-order valence-electron chi connectivity index (χ1n) is 13.7. The summed E-state index contributed by atoms with van der Waals surface area (Å²) in [5, 5.41) is 10.5. The summed E-state index contributed by atoms with van der Waals surface area (Å²) in [4.78, 5) is 1.35. The fourth-order valence-electron chi connectivity index (χ4n) is 6.74. The third kappa shape index (κ3) is 3.17. The van der Waals surface area contributed by atoms with Crippen molar-refractivity contribution in [3.63, 3.8) is 0 Å². The van der Waals surface area contributed by atoms with Gasteiger partial charge in [-0.05, 0) is 41.8 Å². The van der Waals surface area contributed by atoms with E-state index < -0.39 is 0 Å². The molecule has 6 aromatic rings. The predicted octanol–water partition coefficient (Wildman–Crippen LogP) is 9.07. The van der Waals surface area contributed by atoms with Crippen molar-refractivity contribution in [1.29, 1.82) is 5.41 Å². The van der Waals surface area contributed by atoms with Gasteiger partial charge in [-0.25, -0.2) is 0 Å². The van der Waals surface area contributed by atoms with Crippen LogP contribution >= 0.6 is 11.8 Å². The molecule has 5 aromatic carbocycles. The number of anilines is 1. The molecule has 40 heavy (non-hydrogen) atoms. The van der Waals surface area contributed by atoms with Crippen LogP contribution in [0.4, 0.5) is 5.69 Å². The Labute approximate surface area is 238 Å². The van der Waals surface area contributed by atoms with Crippen LogP contribution in [-0.2, 0) is 5.41 Å². The zero-order valence-corrected chi connectivity index (χ0v) is 22.9. The molecule has 2 aliphatic rings. The third-order valence-electron chi connectivity index (χ3n) is 8.62. The normalized spacial score (nSPS) is 18.5. The standard InChI is InChI=1S/C36H27N3S/c1-36-27-18-8-5-15-24(27)32-26-17-7-11-21-30(26)39(34(32)35(36)40-31-22-12-9-19-28(31)36)38-29-20-10-6-16-25(29)33(37)23-13-3-2-4-14-23/h2-22,35,37-38H,1H3. The Morgan fingerprint density at radius 3 is 2.30 bits per heavy atom. The predicted molar refractivity (Wildman–Crippen MR) is 167 cm³/mol. The second-order valence-electron chi connectivity index (χ2n) is 10.8. The highest BCUT2D eigenvalue weighted by Crippen LogP contribution is 2.66. The van der Waals surface area contributed by atoms with Crippen molar-refractivity contribution in [2.75, 3.05) is 5.43 Å². The van der Waals surface area contributed by atoms with Gasteiger partial charge >= 0.3 is 0 Å². The average Bonchev–Trinajstić information content (AvgIpc) is 3.50. The molecule has 0 spiro atoms. The first-order valence-corrected chi connectivity index (χ1v) is 14.5. The Bertz CT molecular complexity index is 1950. The molecule has 3 nitrogen and oxygen atoms in total. The molecular weight excluding hydrogens is 506 g/mol. The Morgan fingerprint density at radius 2 is 1.43 bits per heavy atom. The van der Waals surface area contributed by atoms with E-state index in [1.807, 2.05) is 60.3 Å². The van der Waals surface area contributed by atoms with Gasteiger partial charge in [0.2, 0.25) is 0 Å². The molecular formula is C36H27N3S. The Kier molecular flexibility index (Phi) is 5.10. The van der Waals surface area contributed by atoms with Crippen LogP contribution in [0.2, 0.25) is 0 Å². The van der Waals surface area contributed by atoms with Gasteiger partial charge in [0.05, 0.1) is 27.9 Å². The highest BCUT2D eigenvalue weighted by Gasteiger charge is 2.52. The molecule has 8 rings (SSSR count). The molecule has 2 heterocycles. The largest absolute Gasteiger partial charge is 0.300 e. The Morgan fingerprint density at radius 1 is 0.750 bits per heavy atom. The molecule has 2 atom stereocenters. The van der Waals surface area contributed by atoms with Crippen LogP contribution in [0.15, 0.2) is 132 Å². The Balaban J connectivity index is 1.38. The van der Waals surface area contributed by atoms with Crippen LogP contribution in [0.5, 0.6) is 0 Å². The van der Waals surface area contributed by atoms with E-state index in [0.29, 0.717) is 5.71 Å². The van der Waals surface area contributed by atoms with E-state index in [-0.39, 0.29) is 10.7 Å². The first kappa shape index (κ1) is 23.4. The van der Waals surface area contributed by atoms with Gasteiger partial charge < -0.3 is 0 Å². The number of para-hydroxylation sites is 2. The number of rotatable bonds is 4. The summed E-state index contributed by atoms with van der Waals surface area (Å²) in [5.74, 6) is 0. The second-order valence-corrected chi connectivity index (χ2v) is 11.9. The van der Waals surface area contributed by atoms with E-state index in [1.54, 1.807) is 0 Å². The van der Waals surface area contributed by atoms with E-state index in [4.69, 9.17) is 5.41 Å². The van der Waals surface area contributed by atoms with E-state index in [1.165, 1.54) is 38.2 Å². The summed E-state index contributed by atoms with van der Waals surface area (Å²) in [5.41, 5.74) is 14.7. The van der Waals surface area contributed by atoms with Crippen LogP contribution in [0.25, 0.3) is 22.0 Å². The lowest BCUT2D eigenvalue weighted by Gasteiger charge is -2.39. The number of hydrogen-bond acceptors (Lipinski definition) is 3. The van der Waals surface area contributed by atoms with Gasteiger partial charge in [0, 0.05) is 32.4 Å². The summed E-state index contributed by atoms with van der Waals surface area (Å²) in [6.07, 6.45) is 0. The minimum atomic E-state index is -0.172. The van der Waals surface area contributed by atoms with Crippen LogP contribution in [0.3, 0.4) is 0 Å². The SMILES string of the molecule is CC12c3ccccc3SC1c1c(c3ccccc3n1Nc1ccccc1C(=N)c1ccccc1)-c1ccccc12. The quantitative estimate of drug-likeness (QED) is 0.222. The summed E-state index contributed by atoms with van der Waals surface area (Å²) in [7, 11) is 0. The molecule has 0 amide bonds. The van der Waals surface area contributed by atoms with Gasteiger partial charge in [0.1, 0.15) is 0 Å². The van der Waals surface area contributed by atoms with Gasteiger partial charge in [-0.3, -0.25) is 15.5 Å². The van der Waals surface area contributed by atoms with Gasteiger partial charge in [-0.2, -0.15) is 0 Å². The molecule has 2 unspecified atom stereocenters. The number of hydrogen-bond donors (Lipinski definition) is 2. The highest BCUT2D eigenvalue weighted by atomic mass is 32.2. The summed E-state index contributed by atoms with van der Waals surface area (Å²) in [6.45, 7) is 2.42. The minimum absolute atomic E-state index is 0.172. The zero-order chi connectivity index (χ0) is 26.8. The van der Waals surface area contributed by atoms with Crippen molar-refractivity contribution < 1.29 is 0 Å². The van der Waals surface area contributed by atoms with E-state index in [2.05, 4.69) is 95.9 Å². The molecule has 1 aliphatic carbocycles. The fraction of sp³-hybridized carbons (Fsp3) is 0.0833. The zero-order valence-electron chi connectivity index (χ0n) is 22.1. The van der Waals surface area contributed by atoms with Crippen molar-refractivity contribution in [3.8, 4) is 11.1 Å². The third-order valence-corrected chi connectivity index (χ3v) is 10.2. The van der Waals surface area contributed by atoms with Crippen molar-refractivity contribution in [1.82, 2.24) is 4.68 Å². The molecule has 0 fully saturated rings. The summed E-state index contributed by atoms with van der Waals surface area (Å²) >= 11 is 1.97. The number of aromatic nitrogens is 1. The lowest BCUT2D eigenvalue weighted by Crippen LogP contribution is -2.33. The van der Waals surface area contributed by atoms with Gasteiger partial charge in [0.15, 0.2) is 0 Å². The number of nitrogens with one attached hydrogen (secondary N) is 2. The molecule has 2 N–H and O–H groups in total. The van der Waals surface area contributed by atoms with Crippen molar-refractivity contribution in [2.24, 2.45) is 0 Å².